The van der Waals surface area contributed by atoms with E-state index in [1.165, 1.54) is 0 Å². The molecule has 108 valence electrons. The van der Waals surface area contributed by atoms with Gasteiger partial charge in [-0.15, -0.1) is 0 Å². The minimum absolute atomic E-state index is 0.573. The van der Waals surface area contributed by atoms with E-state index in [9.17, 15) is 0 Å². The van der Waals surface area contributed by atoms with Crippen LogP contribution < -0.4 is 10.6 Å². The first-order chi connectivity index (χ1) is 10.3. The SMILES string of the molecule is CCN(CC)c1ncnc(-n2cnc3ccccc32)c1N. The van der Waals surface area contributed by atoms with Crippen LogP contribution in [-0.2, 0) is 0 Å². The second kappa shape index (κ2) is 5.40. The molecule has 2 N–H and O–H groups in total. The standard InChI is InChI=1S/C15H18N6/c1-3-20(4-2)14-13(16)15(18-9-17-14)21-10-19-11-7-5-6-8-12(11)21/h5-10H,3-4,16H2,1-2H3. The monoisotopic (exact) mass is 282 g/mol. The minimum atomic E-state index is 0.573. The second-order valence-corrected chi connectivity index (χ2v) is 4.71. The summed E-state index contributed by atoms with van der Waals surface area (Å²) >= 11 is 0. The van der Waals surface area contributed by atoms with E-state index in [1.54, 1.807) is 12.7 Å². The summed E-state index contributed by atoms with van der Waals surface area (Å²) in [5, 5.41) is 0. The van der Waals surface area contributed by atoms with Crippen LogP contribution in [0.3, 0.4) is 0 Å². The molecule has 0 bridgehead atoms. The van der Waals surface area contributed by atoms with Crippen LogP contribution in [0.5, 0.6) is 0 Å². The molecule has 2 aromatic heterocycles. The van der Waals surface area contributed by atoms with Crippen molar-refractivity contribution < 1.29 is 0 Å². The molecule has 0 spiro atoms. The van der Waals surface area contributed by atoms with Crippen molar-refractivity contribution in [1.82, 2.24) is 19.5 Å². The molecule has 3 rings (SSSR count). The van der Waals surface area contributed by atoms with Crippen molar-refractivity contribution in [2.75, 3.05) is 23.7 Å². The quantitative estimate of drug-likeness (QED) is 0.794. The molecule has 3 aromatic rings. The van der Waals surface area contributed by atoms with Gasteiger partial charge in [0.2, 0.25) is 0 Å². The lowest BCUT2D eigenvalue weighted by Crippen LogP contribution is -2.25. The Morgan fingerprint density at radius 2 is 1.86 bits per heavy atom. The van der Waals surface area contributed by atoms with Gasteiger partial charge < -0.3 is 10.6 Å². The van der Waals surface area contributed by atoms with Crippen molar-refractivity contribution in [2.24, 2.45) is 0 Å². The number of hydrogen-bond acceptors (Lipinski definition) is 5. The number of rotatable bonds is 4. The number of fused-ring (bicyclic) bond motifs is 1. The summed E-state index contributed by atoms with van der Waals surface area (Å²) in [6.07, 6.45) is 3.30. The zero-order chi connectivity index (χ0) is 14.8. The Morgan fingerprint density at radius 3 is 2.62 bits per heavy atom. The van der Waals surface area contributed by atoms with E-state index in [-0.39, 0.29) is 0 Å². The van der Waals surface area contributed by atoms with E-state index in [1.807, 2.05) is 28.8 Å². The van der Waals surface area contributed by atoms with E-state index < -0.39 is 0 Å². The van der Waals surface area contributed by atoms with Crippen LogP contribution in [-0.4, -0.2) is 32.6 Å². The molecule has 0 atom stereocenters. The molecule has 21 heavy (non-hydrogen) atoms. The molecule has 6 nitrogen and oxygen atoms in total. The Kier molecular flexibility index (Phi) is 3.43. The van der Waals surface area contributed by atoms with Gasteiger partial charge >= 0.3 is 0 Å². The molecule has 6 heteroatoms. The topological polar surface area (TPSA) is 72.9 Å². The van der Waals surface area contributed by atoms with Crippen molar-refractivity contribution in [3.63, 3.8) is 0 Å². The molecule has 0 unspecified atom stereocenters. The fourth-order valence-electron chi connectivity index (χ4n) is 2.47. The molecule has 0 radical (unpaired) electrons. The van der Waals surface area contributed by atoms with Crippen LogP contribution in [0, 0.1) is 0 Å². The van der Waals surface area contributed by atoms with Gasteiger partial charge in [0.05, 0.1) is 11.0 Å². The Balaban J connectivity index is 2.17. The number of benzene rings is 1. The Labute approximate surface area is 123 Å². The fraction of sp³-hybridized carbons (Fsp3) is 0.267. The molecule has 0 saturated heterocycles. The average molecular weight is 282 g/mol. The highest BCUT2D eigenvalue weighted by atomic mass is 15.2. The van der Waals surface area contributed by atoms with Crippen LogP contribution >= 0.6 is 0 Å². The van der Waals surface area contributed by atoms with Gasteiger partial charge in [0.1, 0.15) is 18.3 Å². The first-order valence-corrected chi connectivity index (χ1v) is 7.04. The van der Waals surface area contributed by atoms with Crippen LogP contribution in [0.2, 0.25) is 0 Å². The van der Waals surface area contributed by atoms with Gasteiger partial charge in [-0.25, -0.2) is 15.0 Å². The largest absolute Gasteiger partial charge is 0.393 e. The van der Waals surface area contributed by atoms with Gasteiger partial charge in [0.25, 0.3) is 0 Å². The third-order valence-corrected chi connectivity index (χ3v) is 3.59. The van der Waals surface area contributed by atoms with Gasteiger partial charge in [0.15, 0.2) is 11.6 Å². The summed E-state index contributed by atoms with van der Waals surface area (Å²) < 4.78 is 1.90. The predicted molar refractivity (Wildman–Crippen MR) is 84.6 cm³/mol. The maximum absolute atomic E-state index is 6.30. The number of para-hydroxylation sites is 2. The summed E-state index contributed by atoms with van der Waals surface area (Å²) in [7, 11) is 0. The average Bonchev–Trinajstić information content (AvgIpc) is 2.94. The highest BCUT2D eigenvalue weighted by molar-refractivity contribution is 5.80. The first kappa shape index (κ1) is 13.4. The summed E-state index contributed by atoms with van der Waals surface area (Å²) in [4.78, 5) is 15.2. The zero-order valence-electron chi connectivity index (χ0n) is 12.2. The van der Waals surface area contributed by atoms with E-state index in [4.69, 9.17) is 5.73 Å². The lowest BCUT2D eigenvalue weighted by atomic mass is 10.3. The molecular weight excluding hydrogens is 264 g/mol. The summed E-state index contributed by atoms with van der Waals surface area (Å²) in [5.74, 6) is 1.43. The van der Waals surface area contributed by atoms with Gasteiger partial charge in [-0.3, -0.25) is 4.57 Å². The lowest BCUT2D eigenvalue weighted by Gasteiger charge is -2.22. The summed E-state index contributed by atoms with van der Waals surface area (Å²) in [6.45, 7) is 5.86. The smallest absolute Gasteiger partial charge is 0.167 e. The van der Waals surface area contributed by atoms with E-state index >= 15 is 0 Å². The highest BCUT2D eigenvalue weighted by Gasteiger charge is 2.15. The number of nitrogens with two attached hydrogens (primary N) is 1. The minimum Gasteiger partial charge on any atom is -0.393 e. The third kappa shape index (κ3) is 2.18. The van der Waals surface area contributed by atoms with Gasteiger partial charge in [-0.1, -0.05) is 12.1 Å². The normalized spacial score (nSPS) is 11.0. The molecule has 1 aromatic carbocycles. The van der Waals surface area contributed by atoms with Crippen molar-refractivity contribution in [3.8, 4) is 5.82 Å². The third-order valence-electron chi connectivity index (χ3n) is 3.59. The van der Waals surface area contributed by atoms with Crippen molar-refractivity contribution in [3.05, 3.63) is 36.9 Å². The van der Waals surface area contributed by atoms with Crippen LogP contribution in [0.4, 0.5) is 11.5 Å². The molecule has 0 fully saturated rings. The van der Waals surface area contributed by atoms with Crippen LogP contribution in [0.15, 0.2) is 36.9 Å². The van der Waals surface area contributed by atoms with Gasteiger partial charge in [-0.05, 0) is 26.0 Å². The fourth-order valence-corrected chi connectivity index (χ4v) is 2.47. The Morgan fingerprint density at radius 1 is 1.10 bits per heavy atom. The predicted octanol–water partition coefficient (Wildman–Crippen LogP) is 2.24. The second-order valence-electron chi connectivity index (χ2n) is 4.71. The van der Waals surface area contributed by atoms with E-state index in [2.05, 4.69) is 33.7 Å². The Bertz CT molecular complexity index is 760. The zero-order valence-corrected chi connectivity index (χ0v) is 12.2. The first-order valence-electron chi connectivity index (χ1n) is 7.04. The van der Waals surface area contributed by atoms with Crippen LogP contribution in [0.25, 0.3) is 16.9 Å². The highest BCUT2D eigenvalue weighted by Crippen LogP contribution is 2.27. The number of hydrogen-bond donors (Lipinski definition) is 1. The lowest BCUT2D eigenvalue weighted by molar-refractivity contribution is 0.839. The number of nitrogen functional groups attached to an aromatic ring is 1. The van der Waals surface area contributed by atoms with Crippen molar-refractivity contribution in [1.29, 1.82) is 0 Å². The number of aromatic nitrogens is 4. The molecular formula is C15H18N6. The number of anilines is 2. The molecule has 0 aliphatic heterocycles. The molecule has 0 amide bonds. The molecule has 0 aliphatic rings. The maximum atomic E-state index is 6.30. The number of nitrogens with zero attached hydrogens (tertiary/aromatic N) is 5. The van der Waals surface area contributed by atoms with Crippen molar-refractivity contribution in [2.45, 2.75) is 13.8 Å². The Hall–Kier alpha value is -2.63. The maximum Gasteiger partial charge on any atom is 0.167 e. The van der Waals surface area contributed by atoms with E-state index in [0.717, 1.165) is 29.9 Å². The molecule has 0 saturated carbocycles. The molecule has 2 heterocycles. The van der Waals surface area contributed by atoms with Gasteiger partial charge in [0, 0.05) is 13.1 Å². The van der Waals surface area contributed by atoms with E-state index in [0.29, 0.717) is 11.5 Å². The summed E-state index contributed by atoms with van der Waals surface area (Å²) in [5.41, 5.74) is 8.77. The molecule has 0 aliphatic carbocycles. The van der Waals surface area contributed by atoms with Crippen molar-refractivity contribution >= 4 is 22.5 Å². The number of imidazole rings is 1. The van der Waals surface area contributed by atoms with Crippen LogP contribution in [0.1, 0.15) is 13.8 Å². The summed E-state index contributed by atoms with van der Waals surface area (Å²) in [6, 6.07) is 7.91. The van der Waals surface area contributed by atoms with Gasteiger partial charge in [-0.2, -0.15) is 0 Å².